The average Bonchev–Trinajstić information content (AvgIpc) is 2.88. The topological polar surface area (TPSA) is 51.5 Å². The quantitative estimate of drug-likeness (QED) is 0.690. The first-order chi connectivity index (χ1) is 10.9. The van der Waals surface area contributed by atoms with Crippen LogP contribution in [-0.2, 0) is 0 Å². The highest BCUT2D eigenvalue weighted by Crippen LogP contribution is 2.36. The van der Waals surface area contributed by atoms with Gasteiger partial charge in [0.1, 0.15) is 5.75 Å². The number of fused-ring (bicyclic) bond motifs is 1. The molecule has 23 heavy (non-hydrogen) atoms. The summed E-state index contributed by atoms with van der Waals surface area (Å²) in [5.41, 5.74) is 5.55. The van der Waals surface area contributed by atoms with Gasteiger partial charge in [-0.1, -0.05) is 6.07 Å². The van der Waals surface area contributed by atoms with Crippen molar-refractivity contribution in [3.05, 3.63) is 44.8 Å². The Morgan fingerprint density at radius 2 is 1.96 bits per heavy atom. The second kappa shape index (κ2) is 6.02. The molecule has 0 aliphatic heterocycles. The van der Waals surface area contributed by atoms with Crippen LogP contribution in [0.15, 0.2) is 22.7 Å². The number of anilines is 2. The average molecular weight is 396 g/mol. The lowest BCUT2D eigenvalue weighted by atomic mass is 10.1. The Morgan fingerprint density at radius 1 is 1.22 bits per heavy atom. The number of hydrogen-bond donors (Lipinski definition) is 1. The highest BCUT2D eigenvalue weighted by molar-refractivity contribution is 9.10. The van der Waals surface area contributed by atoms with Gasteiger partial charge in [0.05, 0.1) is 12.8 Å². The number of nitrogens with zero attached hydrogens (tertiary/aromatic N) is 3. The summed E-state index contributed by atoms with van der Waals surface area (Å²) in [5.74, 6) is 0.830. The van der Waals surface area contributed by atoms with Crippen molar-refractivity contribution in [2.45, 2.75) is 20.8 Å². The molecule has 0 aliphatic carbocycles. The van der Waals surface area contributed by atoms with Crippen LogP contribution in [0.2, 0.25) is 5.28 Å². The fraction of sp³-hybridized carbons (Fsp3) is 0.250. The summed E-state index contributed by atoms with van der Waals surface area (Å²) in [7, 11) is 1.67. The zero-order valence-corrected chi connectivity index (χ0v) is 15.6. The van der Waals surface area contributed by atoms with Crippen LogP contribution in [0.5, 0.6) is 5.75 Å². The van der Waals surface area contributed by atoms with E-state index in [4.69, 9.17) is 16.3 Å². The molecule has 0 unspecified atom stereocenters. The van der Waals surface area contributed by atoms with Gasteiger partial charge in [-0.15, -0.1) is 5.10 Å². The van der Waals surface area contributed by atoms with Gasteiger partial charge in [-0.3, -0.25) is 0 Å². The Hall–Kier alpha value is -1.79. The number of benzene rings is 1. The predicted molar refractivity (Wildman–Crippen MR) is 96.2 cm³/mol. The molecule has 0 saturated carbocycles. The Morgan fingerprint density at radius 3 is 2.65 bits per heavy atom. The Balaban J connectivity index is 2.20. The van der Waals surface area contributed by atoms with Crippen molar-refractivity contribution in [3.63, 3.8) is 0 Å². The highest BCUT2D eigenvalue weighted by atomic mass is 79.9. The lowest BCUT2D eigenvalue weighted by Gasteiger charge is -2.17. The molecule has 3 rings (SSSR count). The van der Waals surface area contributed by atoms with Gasteiger partial charge >= 0.3 is 0 Å². The van der Waals surface area contributed by atoms with Gasteiger partial charge in [-0.05, 0) is 66.0 Å². The molecule has 0 radical (unpaired) electrons. The molecule has 0 saturated heterocycles. The normalized spacial score (nSPS) is 11.0. The lowest BCUT2D eigenvalue weighted by molar-refractivity contribution is 0.412. The molecule has 3 aromatic rings. The first-order valence-electron chi connectivity index (χ1n) is 7.05. The first kappa shape index (κ1) is 16.1. The number of hydrogen-bond acceptors (Lipinski definition) is 4. The van der Waals surface area contributed by atoms with Crippen LogP contribution in [0.4, 0.5) is 11.4 Å². The van der Waals surface area contributed by atoms with E-state index in [1.54, 1.807) is 11.6 Å². The largest absolute Gasteiger partial charge is 0.496 e. The van der Waals surface area contributed by atoms with Crippen molar-refractivity contribution in [1.82, 2.24) is 14.6 Å². The molecule has 0 aliphatic rings. The van der Waals surface area contributed by atoms with E-state index >= 15 is 0 Å². The van der Waals surface area contributed by atoms with Crippen molar-refractivity contribution in [2.75, 3.05) is 12.4 Å². The van der Waals surface area contributed by atoms with Gasteiger partial charge in [0.2, 0.25) is 5.28 Å². The summed E-state index contributed by atoms with van der Waals surface area (Å²) in [6.45, 7) is 6.02. The molecule has 1 aromatic carbocycles. The summed E-state index contributed by atoms with van der Waals surface area (Å²) in [4.78, 5) is 4.33. The van der Waals surface area contributed by atoms with Crippen LogP contribution in [0.25, 0.3) is 5.65 Å². The van der Waals surface area contributed by atoms with Crippen LogP contribution < -0.4 is 10.1 Å². The molecule has 5 nitrogen and oxygen atoms in total. The molecule has 0 amide bonds. The number of aryl methyl sites for hydroxylation is 2. The highest BCUT2D eigenvalue weighted by Gasteiger charge is 2.16. The summed E-state index contributed by atoms with van der Waals surface area (Å²) in [5, 5.41) is 7.89. The van der Waals surface area contributed by atoms with Crippen molar-refractivity contribution in [2.24, 2.45) is 0 Å². The summed E-state index contributed by atoms with van der Waals surface area (Å²) in [6, 6.07) is 5.96. The molecule has 0 bridgehead atoms. The summed E-state index contributed by atoms with van der Waals surface area (Å²) < 4.78 is 8.03. The van der Waals surface area contributed by atoms with E-state index in [2.05, 4.69) is 31.3 Å². The van der Waals surface area contributed by atoms with E-state index in [9.17, 15) is 0 Å². The Kier molecular flexibility index (Phi) is 4.21. The zero-order chi connectivity index (χ0) is 16.7. The maximum absolute atomic E-state index is 5.99. The molecule has 0 atom stereocenters. The molecule has 1 N–H and O–H groups in total. The third-order valence-electron chi connectivity index (χ3n) is 3.81. The number of nitrogens with one attached hydrogen (secondary N) is 1. The molecular formula is C16H16BrClN4O. The number of ether oxygens (including phenoxy) is 1. The summed E-state index contributed by atoms with van der Waals surface area (Å²) >= 11 is 9.59. The number of pyridine rings is 1. The number of rotatable bonds is 3. The number of halogens is 2. The van der Waals surface area contributed by atoms with Crippen LogP contribution in [0, 0.1) is 20.8 Å². The van der Waals surface area contributed by atoms with Gasteiger partial charge in [-0.2, -0.15) is 4.98 Å². The molecule has 2 aromatic heterocycles. The van der Waals surface area contributed by atoms with Crippen molar-refractivity contribution < 1.29 is 4.74 Å². The molecule has 0 spiro atoms. The molecule has 7 heteroatoms. The van der Waals surface area contributed by atoms with Gasteiger partial charge in [0.15, 0.2) is 5.65 Å². The van der Waals surface area contributed by atoms with E-state index < -0.39 is 0 Å². The minimum absolute atomic E-state index is 0.216. The maximum atomic E-state index is 5.99. The van der Waals surface area contributed by atoms with Gasteiger partial charge in [0, 0.05) is 21.4 Å². The second-order valence-electron chi connectivity index (χ2n) is 5.33. The van der Waals surface area contributed by atoms with Crippen LogP contribution in [0.1, 0.15) is 16.8 Å². The fourth-order valence-electron chi connectivity index (χ4n) is 2.60. The Bertz CT molecular complexity index is 907. The zero-order valence-electron chi connectivity index (χ0n) is 13.2. The van der Waals surface area contributed by atoms with Gasteiger partial charge in [-0.25, -0.2) is 4.52 Å². The minimum Gasteiger partial charge on any atom is -0.496 e. The first-order valence-corrected chi connectivity index (χ1v) is 8.22. The van der Waals surface area contributed by atoms with Crippen LogP contribution >= 0.6 is 27.5 Å². The standard InChI is InChI=1S/C16H16BrClN4O/c1-8-5-6-12(23-4)10(3)13(8)19-14-11(17)7-9(2)22-15(14)20-16(18)21-22/h5-7,19H,1-4H3. The van der Waals surface area contributed by atoms with Crippen molar-refractivity contribution in [1.29, 1.82) is 0 Å². The molecule has 120 valence electrons. The smallest absolute Gasteiger partial charge is 0.243 e. The van der Waals surface area contributed by atoms with E-state index in [-0.39, 0.29) is 5.28 Å². The van der Waals surface area contributed by atoms with Gasteiger partial charge in [0.25, 0.3) is 0 Å². The van der Waals surface area contributed by atoms with Crippen LogP contribution in [-0.4, -0.2) is 21.7 Å². The second-order valence-corrected chi connectivity index (χ2v) is 6.53. The molecule has 0 fully saturated rings. The number of methoxy groups -OCH3 is 1. The van der Waals surface area contributed by atoms with E-state index in [0.29, 0.717) is 5.65 Å². The van der Waals surface area contributed by atoms with Crippen molar-refractivity contribution in [3.8, 4) is 5.75 Å². The lowest BCUT2D eigenvalue weighted by Crippen LogP contribution is -2.03. The molecular weight excluding hydrogens is 380 g/mol. The predicted octanol–water partition coefficient (Wildman–Crippen LogP) is 4.82. The minimum atomic E-state index is 0.216. The maximum Gasteiger partial charge on any atom is 0.243 e. The van der Waals surface area contributed by atoms with E-state index in [0.717, 1.165) is 38.4 Å². The van der Waals surface area contributed by atoms with E-state index in [1.807, 2.05) is 39.0 Å². The third kappa shape index (κ3) is 2.77. The number of aromatic nitrogens is 3. The Labute approximate surface area is 147 Å². The SMILES string of the molecule is COc1ccc(C)c(Nc2c(Br)cc(C)n3nc(Cl)nc23)c1C. The van der Waals surface area contributed by atoms with Crippen molar-refractivity contribution >= 4 is 44.6 Å². The third-order valence-corrected chi connectivity index (χ3v) is 4.59. The molecule has 2 heterocycles. The van der Waals surface area contributed by atoms with Crippen LogP contribution in [0.3, 0.4) is 0 Å². The fourth-order valence-corrected chi connectivity index (χ4v) is 3.36. The monoisotopic (exact) mass is 394 g/mol. The van der Waals surface area contributed by atoms with Gasteiger partial charge < -0.3 is 10.1 Å². The summed E-state index contributed by atoms with van der Waals surface area (Å²) in [6.07, 6.45) is 0. The van der Waals surface area contributed by atoms with E-state index in [1.165, 1.54) is 0 Å².